The topological polar surface area (TPSA) is 78.9 Å². The summed E-state index contributed by atoms with van der Waals surface area (Å²) in [5, 5.41) is 9.02. The van der Waals surface area contributed by atoms with Gasteiger partial charge in [-0.15, -0.1) is 0 Å². The number of carbonyl (C=O) groups excluding carboxylic acids is 1. The van der Waals surface area contributed by atoms with Crippen molar-refractivity contribution in [1.82, 2.24) is 15.3 Å². The first kappa shape index (κ1) is 14.2. The van der Waals surface area contributed by atoms with Crippen molar-refractivity contribution < 1.29 is 4.79 Å². The van der Waals surface area contributed by atoms with Crippen LogP contribution in [0.1, 0.15) is 26.0 Å². The predicted molar refractivity (Wildman–Crippen MR) is 72.7 cm³/mol. The zero-order valence-corrected chi connectivity index (χ0v) is 11.2. The van der Waals surface area contributed by atoms with Crippen LogP contribution in [-0.4, -0.2) is 35.5 Å². The number of hydrogen-bond donors (Lipinski definition) is 3. The molecule has 0 aliphatic carbocycles. The average Bonchev–Trinajstić information content (AvgIpc) is 2.31. The predicted octanol–water partition coefficient (Wildman–Crippen LogP) is 1.15. The van der Waals surface area contributed by atoms with Crippen molar-refractivity contribution >= 4 is 17.7 Å². The van der Waals surface area contributed by atoms with Gasteiger partial charge >= 0.3 is 0 Å². The summed E-state index contributed by atoms with van der Waals surface area (Å²) < 4.78 is 0. The lowest BCUT2D eigenvalue weighted by atomic mass is 10.4. The first-order valence-electron chi connectivity index (χ1n) is 6.19. The number of carbonyl (C=O) groups is 1. The van der Waals surface area contributed by atoms with Crippen LogP contribution < -0.4 is 16.0 Å². The Kier molecular flexibility index (Phi) is 5.90. The number of rotatable bonds is 7. The molecule has 1 rings (SSSR count). The SMILES string of the molecule is CCCNc1nc(C)cc(NCCNC(C)=O)n1. The zero-order chi connectivity index (χ0) is 13.4. The summed E-state index contributed by atoms with van der Waals surface area (Å²) in [6.07, 6.45) is 1.03. The lowest BCUT2D eigenvalue weighted by Crippen LogP contribution is -2.26. The molecule has 0 radical (unpaired) electrons. The molecule has 0 aliphatic rings. The van der Waals surface area contributed by atoms with E-state index in [2.05, 4.69) is 32.8 Å². The van der Waals surface area contributed by atoms with Gasteiger partial charge in [0.2, 0.25) is 11.9 Å². The Labute approximate surface area is 108 Å². The Morgan fingerprint density at radius 2 is 2.00 bits per heavy atom. The van der Waals surface area contributed by atoms with Crippen molar-refractivity contribution in [3.8, 4) is 0 Å². The molecule has 0 unspecified atom stereocenters. The van der Waals surface area contributed by atoms with Crippen LogP contribution in [0.25, 0.3) is 0 Å². The molecule has 18 heavy (non-hydrogen) atoms. The Hall–Kier alpha value is -1.85. The van der Waals surface area contributed by atoms with Crippen molar-refractivity contribution in [1.29, 1.82) is 0 Å². The van der Waals surface area contributed by atoms with Gasteiger partial charge in [-0.05, 0) is 13.3 Å². The van der Waals surface area contributed by atoms with Crippen molar-refractivity contribution in [3.63, 3.8) is 0 Å². The molecule has 0 atom stereocenters. The van der Waals surface area contributed by atoms with Gasteiger partial charge in [0, 0.05) is 38.3 Å². The van der Waals surface area contributed by atoms with E-state index in [4.69, 9.17) is 0 Å². The Bertz CT molecular complexity index is 394. The Balaban J connectivity index is 2.48. The first-order chi connectivity index (χ1) is 8.61. The molecule has 1 amide bonds. The van der Waals surface area contributed by atoms with Crippen molar-refractivity contribution in [2.45, 2.75) is 27.2 Å². The van der Waals surface area contributed by atoms with E-state index in [1.54, 1.807) is 0 Å². The lowest BCUT2D eigenvalue weighted by Gasteiger charge is -2.09. The molecule has 0 spiro atoms. The molecule has 0 fully saturated rings. The van der Waals surface area contributed by atoms with Crippen LogP contribution in [-0.2, 0) is 4.79 Å². The smallest absolute Gasteiger partial charge is 0.224 e. The number of aromatic nitrogens is 2. The molecule has 0 bridgehead atoms. The summed E-state index contributed by atoms with van der Waals surface area (Å²) in [6.45, 7) is 7.60. The molecular weight excluding hydrogens is 230 g/mol. The van der Waals surface area contributed by atoms with Gasteiger partial charge in [-0.25, -0.2) is 4.98 Å². The highest BCUT2D eigenvalue weighted by Gasteiger charge is 2.01. The van der Waals surface area contributed by atoms with Gasteiger partial charge in [0.1, 0.15) is 5.82 Å². The molecule has 0 saturated heterocycles. The van der Waals surface area contributed by atoms with E-state index in [1.165, 1.54) is 6.92 Å². The number of nitrogens with one attached hydrogen (secondary N) is 3. The number of hydrogen-bond acceptors (Lipinski definition) is 5. The van der Waals surface area contributed by atoms with Crippen LogP contribution in [0, 0.1) is 6.92 Å². The molecule has 0 aliphatic heterocycles. The normalized spacial score (nSPS) is 9.94. The molecule has 1 aromatic rings. The highest BCUT2D eigenvalue weighted by atomic mass is 16.1. The molecule has 3 N–H and O–H groups in total. The van der Waals surface area contributed by atoms with Crippen LogP contribution in [0.4, 0.5) is 11.8 Å². The third-order valence-corrected chi connectivity index (χ3v) is 2.19. The minimum absolute atomic E-state index is 0.0269. The van der Waals surface area contributed by atoms with Gasteiger partial charge in [0.15, 0.2) is 0 Å². The second-order valence-corrected chi connectivity index (χ2v) is 4.05. The summed E-state index contributed by atoms with van der Waals surface area (Å²) in [7, 11) is 0. The Morgan fingerprint density at radius 1 is 1.22 bits per heavy atom. The van der Waals surface area contributed by atoms with Crippen LogP contribution in [0.2, 0.25) is 0 Å². The van der Waals surface area contributed by atoms with E-state index < -0.39 is 0 Å². The molecule has 6 nitrogen and oxygen atoms in total. The van der Waals surface area contributed by atoms with Crippen LogP contribution >= 0.6 is 0 Å². The van der Waals surface area contributed by atoms with E-state index in [0.717, 1.165) is 24.5 Å². The third kappa shape index (κ3) is 5.47. The fraction of sp³-hybridized carbons (Fsp3) is 0.583. The van der Waals surface area contributed by atoms with Gasteiger partial charge in [0.25, 0.3) is 0 Å². The van der Waals surface area contributed by atoms with Crippen molar-refractivity contribution in [2.75, 3.05) is 30.3 Å². The molecule has 1 heterocycles. The van der Waals surface area contributed by atoms with Crippen molar-refractivity contribution in [3.05, 3.63) is 11.8 Å². The average molecular weight is 251 g/mol. The number of anilines is 2. The zero-order valence-electron chi connectivity index (χ0n) is 11.2. The van der Waals surface area contributed by atoms with Gasteiger partial charge in [0.05, 0.1) is 0 Å². The van der Waals surface area contributed by atoms with E-state index >= 15 is 0 Å². The molecule has 1 aromatic heterocycles. The first-order valence-corrected chi connectivity index (χ1v) is 6.19. The molecule has 100 valence electrons. The second kappa shape index (κ2) is 7.47. The molecule has 0 saturated carbocycles. The van der Waals surface area contributed by atoms with Gasteiger partial charge < -0.3 is 16.0 Å². The second-order valence-electron chi connectivity index (χ2n) is 4.05. The molecule has 0 aromatic carbocycles. The maximum absolute atomic E-state index is 10.7. The maximum atomic E-state index is 10.7. The van der Waals surface area contributed by atoms with Crippen molar-refractivity contribution in [2.24, 2.45) is 0 Å². The summed E-state index contributed by atoms with van der Waals surface area (Å²) in [5.74, 6) is 1.38. The number of amides is 1. The van der Waals surface area contributed by atoms with Gasteiger partial charge in [-0.3, -0.25) is 4.79 Å². The highest BCUT2D eigenvalue weighted by molar-refractivity contribution is 5.72. The van der Waals surface area contributed by atoms with Crippen LogP contribution in [0.3, 0.4) is 0 Å². The summed E-state index contributed by atoms with van der Waals surface area (Å²) >= 11 is 0. The maximum Gasteiger partial charge on any atom is 0.224 e. The minimum Gasteiger partial charge on any atom is -0.368 e. The monoisotopic (exact) mass is 251 g/mol. The number of aryl methyl sites for hydroxylation is 1. The van der Waals surface area contributed by atoms with Crippen LogP contribution in [0.15, 0.2) is 6.07 Å². The standard InChI is InChI=1S/C12H21N5O/c1-4-5-15-12-16-9(2)8-11(17-12)14-7-6-13-10(3)18/h8H,4-7H2,1-3H3,(H,13,18)(H2,14,15,16,17). The third-order valence-electron chi connectivity index (χ3n) is 2.19. The van der Waals surface area contributed by atoms with E-state index in [-0.39, 0.29) is 5.91 Å². The van der Waals surface area contributed by atoms with Gasteiger partial charge in [-0.1, -0.05) is 6.92 Å². The lowest BCUT2D eigenvalue weighted by molar-refractivity contribution is -0.118. The minimum atomic E-state index is -0.0269. The van der Waals surface area contributed by atoms with E-state index in [0.29, 0.717) is 19.0 Å². The van der Waals surface area contributed by atoms with E-state index in [9.17, 15) is 4.79 Å². The van der Waals surface area contributed by atoms with Gasteiger partial charge in [-0.2, -0.15) is 4.98 Å². The summed E-state index contributed by atoms with van der Waals surface area (Å²) in [5.41, 5.74) is 0.908. The number of nitrogens with zero attached hydrogens (tertiary/aromatic N) is 2. The summed E-state index contributed by atoms with van der Waals surface area (Å²) in [6, 6.07) is 1.88. The van der Waals surface area contributed by atoms with Crippen LogP contribution in [0.5, 0.6) is 0 Å². The molecule has 6 heteroatoms. The van der Waals surface area contributed by atoms with E-state index in [1.807, 2.05) is 13.0 Å². The highest BCUT2D eigenvalue weighted by Crippen LogP contribution is 2.08. The Morgan fingerprint density at radius 3 is 2.67 bits per heavy atom. The fourth-order valence-electron chi connectivity index (χ4n) is 1.40. The summed E-state index contributed by atoms with van der Waals surface area (Å²) in [4.78, 5) is 19.3. The fourth-order valence-corrected chi connectivity index (χ4v) is 1.40. The quantitative estimate of drug-likeness (QED) is 0.634. The largest absolute Gasteiger partial charge is 0.368 e. The molecular formula is C12H21N5O.